The minimum Gasteiger partial charge on any atom is -0.454 e. The number of rotatable bonds is 4. The molecule has 2 aromatic carbocycles. The monoisotopic (exact) mass is 448 g/mol. The topological polar surface area (TPSA) is 44.5 Å². The maximum atomic E-state index is 5.99. The van der Waals surface area contributed by atoms with Crippen molar-refractivity contribution in [2.75, 3.05) is 13.3 Å². The molecule has 7 heteroatoms. The molecular formula is C25H28N4O2S. The van der Waals surface area contributed by atoms with Gasteiger partial charge in [0.25, 0.3) is 0 Å². The van der Waals surface area contributed by atoms with Crippen molar-refractivity contribution in [3.05, 3.63) is 53.3 Å². The van der Waals surface area contributed by atoms with Crippen LogP contribution in [0.2, 0.25) is 0 Å². The molecule has 1 aromatic heterocycles. The predicted molar refractivity (Wildman–Crippen MR) is 126 cm³/mol. The maximum Gasteiger partial charge on any atom is 0.231 e. The van der Waals surface area contributed by atoms with Gasteiger partial charge in [-0.15, -0.1) is 5.10 Å². The summed E-state index contributed by atoms with van der Waals surface area (Å²) in [5.41, 5.74) is 1.99. The van der Waals surface area contributed by atoms with E-state index in [1.54, 1.807) is 0 Å². The Hall–Kier alpha value is -2.64. The minimum atomic E-state index is 0.260. The van der Waals surface area contributed by atoms with Crippen LogP contribution in [-0.2, 0) is 6.67 Å². The summed E-state index contributed by atoms with van der Waals surface area (Å²) in [6.45, 7) is 2.13. The van der Waals surface area contributed by atoms with E-state index in [1.807, 2.05) is 41.1 Å². The molecule has 1 saturated heterocycles. The summed E-state index contributed by atoms with van der Waals surface area (Å²) in [4.78, 5) is 2.62. The molecule has 32 heavy (non-hydrogen) atoms. The third kappa shape index (κ3) is 3.53. The van der Waals surface area contributed by atoms with Gasteiger partial charge in [0.1, 0.15) is 0 Å². The Kier molecular flexibility index (Phi) is 5.23. The van der Waals surface area contributed by atoms with Crippen molar-refractivity contribution in [2.45, 2.75) is 51.2 Å². The van der Waals surface area contributed by atoms with Crippen molar-refractivity contribution in [2.24, 2.45) is 5.92 Å². The molecule has 6 nitrogen and oxygen atoms in total. The predicted octanol–water partition coefficient (Wildman–Crippen LogP) is 5.41. The highest BCUT2D eigenvalue weighted by Gasteiger charge is 2.33. The van der Waals surface area contributed by atoms with Gasteiger partial charge in [-0.1, -0.05) is 31.0 Å². The summed E-state index contributed by atoms with van der Waals surface area (Å²) in [5, 5.41) is 5.05. The fraction of sp³-hybridized carbons (Fsp3) is 0.440. The van der Waals surface area contributed by atoms with Gasteiger partial charge < -0.3 is 9.47 Å². The first kappa shape index (κ1) is 20.0. The molecule has 6 rings (SSSR count). The highest BCUT2D eigenvalue weighted by Crippen LogP contribution is 2.37. The van der Waals surface area contributed by atoms with Gasteiger partial charge in [-0.3, -0.25) is 9.47 Å². The fourth-order valence-electron chi connectivity index (χ4n) is 5.61. The molecule has 0 spiro atoms. The maximum absolute atomic E-state index is 5.99. The summed E-state index contributed by atoms with van der Waals surface area (Å²) in [6, 6.07) is 16.9. The minimum absolute atomic E-state index is 0.260. The Labute approximate surface area is 193 Å². The molecule has 3 aromatic rings. The van der Waals surface area contributed by atoms with Crippen molar-refractivity contribution >= 4 is 12.2 Å². The molecule has 2 fully saturated rings. The van der Waals surface area contributed by atoms with E-state index >= 15 is 0 Å². The van der Waals surface area contributed by atoms with E-state index in [-0.39, 0.29) is 6.79 Å². The van der Waals surface area contributed by atoms with E-state index in [4.69, 9.17) is 26.8 Å². The second-order valence-electron chi connectivity index (χ2n) is 9.05. The molecule has 1 saturated carbocycles. The Morgan fingerprint density at radius 1 is 0.938 bits per heavy atom. The van der Waals surface area contributed by atoms with E-state index in [1.165, 1.54) is 38.5 Å². The number of piperidine rings is 1. The lowest BCUT2D eigenvalue weighted by molar-refractivity contribution is 0.0324. The molecule has 0 unspecified atom stereocenters. The van der Waals surface area contributed by atoms with Crippen molar-refractivity contribution in [1.82, 2.24) is 19.2 Å². The van der Waals surface area contributed by atoms with Gasteiger partial charge in [0, 0.05) is 23.8 Å². The number of hydrogen-bond acceptors (Lipinski definition) is 5. The normalized spacial score (nSPS) is 22.6. The third-order valence-electron chi connectivity index (χ3n) is 7.16. The van der Waals surface area contributed by atoms with Gasteiger partial charge in [-0.2, -0.15) is 0 Å². The molecule has 0 N–H and O–H groups in total. The molecule has 3 aliphatic rings. The Bertz CT molecular complexity index is 1170. The molecule has 2 atom stereocenters. The van der Waals surface area contributed by atoms with Crippen LogP contribution in [0.25, 0.3) is 17.1 Å². The van der Waals surface area contributed by atoms with E-state index in [0.29, 0.717) is 6.04 Å². The van der Waals surface area contributed by atoms with Crippen LogP contribution >= 0.6 is 12.2 Å². The largest absolute Gasteiger partial charge is 0.454 e. The van der Waals surface area contributed by atoms with Crippen LogP contribution in [0.5, 0.6) is 11.5 Å². The van der Waals surface area contributed by atoms with Gasteiger partial charge in [0.2, 0.25) is 11.6 Å². The van der Waals surface area contributed by atoms with E-state index in [0.717, 1.165) is 52.5 Å². The van der Waals surface area contributed by atoms with Crippen LogP contribution < -0.4 is 9.47 Å². The number of aromatic nitrogens is 3. The fourth-order valence-corrected chi connectivity index (χ4v) is 5.90. The highest BCUT2D eigenvalue weighted by atomic mass is 32.1. The van der Waals surface area contributed by atoms with Crippen molar-refractivity contribution in [3.8, 4) is 28.6 Å². The van der Waals surface area contributed by atoms with Crippen LogP contribution in [0.1, 0.15) is 38.5 Å². The average molecular weight is 449 g/mol. The second kappa shape index (κ2) is 8.37. The average Bonchev–Trinajstić information content (AvgIpc) is 3.44. The van der Waals surface area contributed by atoms with Gasteiger partial charge in [0.15, 0.2) is 17.3 Å². The quantitative estimate of drug-likeness (QED) is 0.499. The summed E-state index contributed by atoms with van der Waals surface area (Å²) in [5.74, 6) is 3.19. The van der Waals surface area contributed by atoms with E-state index in [9.17, 15) is 0 Å². The first-order chi connectivity index (χ1) is 15.8. The summed E-state index contributed by atoms with van der Waals surface area (Å²) in [6.07, 6.45) is 8.02. The number of fused-ring (bicyclic) bond motifs is 2. The SMILES string of the molecule is S=c1n(CN2CCC[C@@H]3CCCC[C@@H]32)nc(-c2ccc3c(c2)OCO3)n1-c1ccccc1. The number of hydrogen-bond donors (Lipinski definition) is 0. The summed E-state index contributed by atoms with van der Waals surface area (Å²) >= 11 is 5.99. The Balaban J connectivity index is 1.41. The smallest absolute Gasteiger partial charge is 0.231 e. The lowest BCUT2D eigenvalue weighted by Gasteiger charge is -2.43. The second-order valence-corrected chi connectivity index (χ2v) is 9.42. The molecule has 0 bridgehead atoms. The molecular weight excluding hydrogens is 420 g/mol. The number of likely N-dealkylation sites (tertiary alicyclic amines) is 1. The van der Waals surface area contributed by atoms with Gasteiger partial charge >= 0.3 is 0 Å². The Morgan fingerprint density at radius 2 is 1.75 bits per heavy atom. The number of para-hydroxylation sites is 1. The lowest BCUT2D eigenvalue weighted by Crippen LogP contribution is -2.47. The summed E-state index contributed by atoms with van der Waals surface area (Å²) < 4.78 is 15.9. The third-order valence-corrected chi connectivity index (χ3v) is 7.55. The van der Waals surface area contributed by atoms with Gasteiger partial charge in [-0.25, -0.2) is 4.68 Å². The van der Waals surface area contributed by atoms with Crippen molar-refractivity contribution in [3.63, 3.8) is 0 Å². The summed E-state index contributed by atoms with van der Waals surface area (Å²) in [7, 11) is 0. The standard InChI is InChI=1S/C25H28N4O2S/c32-25-28(16-27-14-6-8-18-7-4-5-11-21(18)27)26-24(29(25)20-9-2-1-3-10-20)19-12-13-22-23(15-19)31-17-30-22/h1-3,9-10,12-13,15,18,21H,4-8,11,14,16-17H2/t18-,21-/m0/s1. The van der Waals surface area contributed by atoms with E-state index in [2.05, 4.69) is 21.6 Å². The molecule has 3 heterocycles. The van der Waals surface area contributed by atoms with Crippen LogP contribution in [0.4, 0.5) is 0 Å². The Morgan fingerprint density at radius 3 is 2.66 bits per heavy atom. The van der Waals surface area contributed by atoms with Crippen LogP contribution in [0.3, 0.4) is 0 Å². The van der Waals surface area contributed by atoms with Crippen molar-refractivity contribution < 1.29 is 9.47 Å². The van der Waals surface area contributed by atoms with Crippen molar-refractivity contribution in [1.29, 1.82) is 0 Å². The van der Waals surface area contributed by atoms with E-state index < -0.39 is 0 Å². The first-order valence-electron chi connectivity index (χ1n) is 11.7. The molecule has 166 valence electrons. The van der Waals surface area contributed by atoms with Crippen LogP contribution in [-0.4, -0.2) is 38.6 Å². The van der Waals surface area contributed by atoms with Gasteiger partial charge in [-0.05, 0) is 74.2 Å². The van der Waals surface area contributed by atoms with Crippen LogP contribution in [0.15, 0.2) is 48.5 Å². The number of benzene rings is 2. The molecule has 1 aliphatic carbocycles. The zero-order valence-electron chi connectivity index (χ0n) is 18.2. The zero-order valence-corrected chi connectivity index (χ0v) is 19.0. The first-order valence-corrected chi connectivity index (χ1v) is 12.1. The number of ether oxygens (including phenoxy) is 2. The zero-order chi connectivity index (χ0) is 21.5. The highest BCUT2D eigenvalue weighted by molar-refractivity contribution is 7.71. The molecule has 0 amide bonds. The molecule has 0 radical (unpaired) electrons. The van der Waals surface area contributed by atoms with Gasteiger partial charge in [0.05, 0.1) is 6.67 Å². The lowest BCUT2D eigenvalue weighted by atomic mass is 9.78. The number of nitrogens with zero attached hydrogens (tertiary/aromatic N) is 4. The van der Waals surface area contributed by atoms with Crippen LogP contribution in [0, 0.1) is 10.7 Å². The molecule has 2 aliphatic heterocycles.